The fraction of sp³-hybridized carbons (Fsp3) is 0.423. The molecular weight excluding hydrogens is 430 g/mol. The number of ether oxygens (including phenoxy) is 2. The van der Waals surface area contributed by atoms with Gasteiger partial charge in [-0.1, -0.05) is 26.0 Å². The van der Waals surface area contributed by atoms with E-state index in [-0.39, 0.29) is 5.78 Å². The van der Waals surface area contributed by atoms with Crippen LogP contribution in [-0.2, 0) is 16.0 Å². The number of likely N-dealkylation sites (tertiary alicyclic amines) is 1. The number of Topliss-reactive ketones (excluding diaryl/α,β-unsaturated/α-hetero) is 1. The molecule has 34 heavy (non-hydrogen) atoms. The van der Waals surface area contributed by atoms with Gasteiger partial charge in [-0.05, 0) is 49.4 Å². The van der Waals surface area contributed by atoms with Crippen LogP contribution in [0.4, 0.5) is 5.82 Å². The predicted octanol–water partition coefficient (Wildman–Crippen LogP) is 4.33. The molecule has 8 heteroatoms. The van der Waals surface area contributed by atoms with Gasteiger partial charge in [0.2, 0.25) is 5.88 Å². The van der Waals surface area contributed by atoms with Gasteiger partial charge in [-0.15, -0.1) is 5.10 Å². The highest BCUT2D eigenvalue weighted by Crippen LogP contribution is 2.37. The Morgan fingerprint density at radius 1 is 1.26 bits per heavy atom. The van der Waals surface area contributed by atoms with Crippen molar-refractivity contribution in [3.63, 3.8) is 0 Å². The number of hydrogen-bond donors (Lipinski definition) is 1. The van der Waals surface area contributed by atoms with Crippen molar-refractivity contribution in [2.24, 2.45) is 5.41 Å². The first-order valence-electron chi connectivity index (χ1n) is 11.9. The van der Waals surface area contributed by atoms with Gasteiger partial charge in [-0.3, -0.25) is 4.79 Å². The second-order valence-electron chi connectivity index (χ2n) is 8.71. The van der Waals surface area contributed by atoms with Crippen LogP contribution < -0.4 is 10.1 Å². The molecule has 5 rings (SSSR count). The Morgan fingerprint density at radius 3 is 2.85 bits per heavy atom. The quantitative estimate of drug-likeness (QED) is 0.533. The van der Waals surface area contributed by atoms with E-state index in [0.29, 0.717) is 30.0 Å². The standard InChI is InChI=1S/C24H27N5O3.C2H6/c1-18(30)12-19-4-2-5-20(13-19)32-23-7-6-22-26-21(14-29(22)27-23)25-9-3-10-28-11-8-24(15-28)16-31-17-24;1-2/h2-7,10,13-14,25H,8-9,11-12,15-17H2,1H3;1-2H3. The predicted molar refractivity (Wildman–Crippen MR) is 132 cm³/mol. The first-order valence-corrected chi connectivity index (χ1v) is 11.9. The lowest BCUT2D eigenvalue weighted by Crippen LogP contribution is -2.44. The first-order chi connectivity index (χ1) is 16.6. The van der Waals surface area contributed by atoms with Crippen LogP contribution >= 0.6 is 0 Å². The minimum absolute atomic E-state index is 0.118. The molecule has 1 N–H and O–H groups in total. The summed E-state index contributed by atoms with van der Waals surface area (Å²) < 4.78 is 13.0. The molecule has 0 saturated carbocycles. The van der Waals surface area contributed by atoms with Gasteiger partial charge in [0.15, 0.2) is 5.65 Å². The minimum atomic E-state index is 0.118. The molecule has 8 nitrogen and oxygen atoms in total. The van der Waals surface area contributed by atoms with Crippen molar-refractivity contribution in [2.45, 2.75) is 33.6 Å². The smallest absolute Gasteiger partial charge is 0.237 e. The molecule has 180 valence electrons. The van der Waals surface area contributed by atoms with E-state index in [0.717, 1.165) is 43.3 Å². The van der Waals surface area contributed by atoms with E-state index in [9.17, 15) is 4.79 Å². The average Bonchev–Trinajstić information content (AvgIpc) is 3.42. The zero-order valence-electron chi connectivity index (χ0n) is 20.2. The van der Waals surface area contributed by atoms with Gasteiger partial charge in [0.1, 0.15) is 17.4 Å². The summed E-state index contributed by atoms with van der Waals surface area (Å²) in [6.07, 6.45) is 7.74. The number of ketones is 1. The van der Waals surface area contributed by atoms with Crippen molar-refractivity contribution in [3.8, 4) is 11.6 Å². The number of fused-ring (bicyclic) bond motifs is 1. The van der Waals surface area contributed by atoms with E-state index >= 15 is 0 Å². The summed E-state index contributed by atoms with van der Waals surface area (Å²) in [7, 11) is 0. The first kappa shape index (κ1) is 23.8. The summed E-state index contributed by atoms with van der Waals surface area (Å²) in [4.78, 5) is 18.3. The maximum absolute atomic E-state index is 11.4. The molecule has 2 aliphatic heterocycles. The summed E-state index contributed by atoms with van der Waals surface area (Å²) >= 11 is 0. The number of aromatic nitrogens is 3. The summed E-state index contributed by atoms with van der Waals surface area (Å²) in [6, 6.07) is 11.2. The average molecular weight is 464 g/mol. The third-order valence-corrected chi connectivity index (χ3v) is 5.87. The highest BCUT2D eigenvalue weighted by molar-refractivity contribution is 5.78. The van der Waals surface area contributed by atoms with Gasteiger partial charge < -0.3 is 19.7 Å². The Kier molecular flexibility index (Phi) is 7.47. The molecule has 2 aromatic heterocycles. The van der Waals surface area contributed by atoms with E-state index in [1.54, 1.807) is 17.5 Å². The summed E-state index contributed by atoms with van der Waals surface area (Å²) in [5.41, 5.74) is 2.06. The Labute approximate surface area is 200 Å². The summed E-state index contributed by atoms with van der Waals surface area (Å²) in [5.74, 6) is 1.99. The largest absolute Gasteiger partial charge is 0.438 e. The number of anilines is 1. The number of nitrogens with zero attached hydrogens (tertiary/aromatic N) is 4. The molecule has 2 fully saturated rings. The van der Waals surface area contributed by atoms with Crippen molar-refractivity contribution in [1.29, 1.82) is 0 Å². The third kappa shape index (κ3) is 5.75. The van der Waals surface area contributed by atoms with Gasteiger partial charge in [0.25, 0.3) is 0 Å². The van der Waals surface area contributed by atoms with Crippen LogP contribution in [0.15, 0.2) is 54.9 Å². The second-order valence-corrected chi connectivity index (χ2v) is 8.71. The molecule has 1 spiro atoms. The number of carbonyl (C=O) groups is 1. The highest BCUT2D eigenvalue weighted by Gasteiger charge is 2.43. The van der Waals surface area contributed by atoms with Crippen molar-refractivity contribution < 1.29 is 14.3 Å². The number of rotatable bonds is 8. The highest BCUT2D eigenvalue weighted by atomic mass is 16.5. The van der Waals surface area contributed by atoms with E-state index < -0.39 is 0 Å². The number of carbonyl (C=O) groups excluding carboxylic acids is 1. The Morgan fingerprint density at radius 2 is 2.12 bits per heavy atom. The van der Waals surface area contributed by atoms with Crippen molar-refractivity contribution in [2.75, 3.05) is 38.2 Å². The minimum Gasteiger partial charge on any atom is -0.438 e. The van der Waals surface area contributed by atoms with Gasteiger partial charge in [-0.2, -0.15) is 0 Å². The maximum atomic E-state index is 11.4. The lowest BCUT2D eigenvalue weighted by Gasteiger charge is -2.37. The van der Waals surface area contributed by atoms with E-state index in [4.69, 9.17) is 9.47 Å². The zero-order chi connectivity index (χ0) is 24.0. The molecule has 0 radical (unpaired) electrons. The van der Waals surface area contributed by atoms with Gasteiger partial charge in [0, 0.05) is 37.5 Å². The number of nitrogens with one attached hydrogen (secondary N) is 1. The van der Waals surface area contributed by atoms with Crippen LogP contribution in [0.1, 0.15) is 32.8 Å². The number of hydrogen-bond acceptors (Lipinski definition) is 7. The molecule has 3 aromatic rings. The lowest BCUT2D eigenvalue weighted by atomic mass is 9.85. The maximum Gasteiger partial charge on any atom is 0.237 e. The van der Waals surface area contributed by atoms with Crippen LogP contribution in [-0.4, -0.2) is 58.1 Å². The zero-order valence-corrected chi connectivity index (χ0v) is 20.2. The summed E-state index contributed by atoms with van der Waals surface area (Å²) in [6.45, 7) is 10.3. The molecule has 0 bridgehead atoms. The molecule has 1 aromatic carbocycles. The van der Waals surface area contributed by atoms with Crippen molar-refractivity contribution in [3.05, 3.63) is 60.4 Å². The SMILES string of the molecule is CC.CC(=O)Cc1cccc(Oc2ccc3nc(NCC=CN4CCC5(COC5)C4)cn3n2)c1. The van der Waals surface area contributed by atoms with Crippen molar-refractivity contribution >= 4 is 17.2 Å². The van der Waals surface area contributed by atoms with E-state index in [2.05, 4.69) is 32.6 Å². The topological polar surface area (TPSA) is 81.0 Å². The molecule has 2 saturated heterocycles. The van der Waals surface area contributed by atoms with Crippen LogP contribution in [0.3, 0.4) is 0 Å². The van der Waals surface area contributed by atoms with Crippen LogP contribution in [0.2, 0.25) is 0 Å². The molecule has 0 unspecified atom stereocenters. The lowest BCUT2D eigenvalue weighted by molar-refractivity contribution is -0.116. The Balaban J connectivity index is 0.00000133. The fourth-order valence-corrected chi connectivity index (χ4v) is 4.22. The van der Waals surface area contributed by atoms with Crippen LogP contribution in [0.5, 0.6) is 11.6 Å². The van der Waals surface area contributed by atoms with Gasteiger partial charge in [0.05, 0.1) is 19.4 Å². The molecule has 0 aliphatic carbocycles. The van der Waals surface area contributed by atoms with E-state index in [1.165, 1.54) is 6.42 Å². The normalized spacial score (nSPS) is 16.4. The Bertz CT molecular complexity index is 1150. The van der Waals surface area contributed by atoms with E-state index in [1.807, 2.05) is 50.4 Å². The van der Waals surface area contributed by atoms with Gasteiger partial charge in [-0.25, -0.2) is 9.50 Å². The number of benzene rings is 1. The monoisotopic (exact) mass is 463 g/mol. The third-order valence-electron chi connectivity index (χ3n) is 5.87. The van der Waals surface area contributed by atoms with Gasteiger partial charge >= 0.3 is 0 Å². The van der Waals surface area contributed by atoms with Crippen LogP contribution in [0, 0.1) is 5.41 Å². The summed E-state index contributed by atoms with van der Waals surface area (Å²) in [5, 5.41) is 7.81. The molecule has 0 amide bonds. The molecule has 0 atom stereocenters. The van der Waals surface area contributed by atoms with Crippen LogP contribution in [0.25, 0.3) is 5.65 Å². The van der Waals surface area contributed by atoms with Crippen molar-refractivity contribution in [1.82, 2.24) is 19.5 Å². The number of imidazole rings is 1. The Hall–Kier alpha value is -3.39. The molecular formula is C26H33N5O3. The molecule has 2 aliphatic rings. The fourth-order valence-electron chi connectivity index (χ4n) is 4.22. The second kappa shape index (κ2) is 10.7. The molecule has 4 heterocycles.